The number of hydrogen-bond donors (Lipinski definition) is 3. The van der Waals surface area contributed by atoms with E-state index < -0.39 is 6.04 Å². The zero-order chi connectivity index (χ0) is 13.3. The molecule has 0 bridgehead atoms. The Hall–Kier alpha value is -1.62. The molecule has 0 aliphatic carbocycles. The van der Waals surface area contributed by atoms with Gasteiger partial charge in [0, 0.05) is 11.6 Å². The van der Waals surface area contributed by atoms with Gasteiger partial charge in [0.15, 0.2) is 0 Å². The average molecular weight is 251 g/mol. The molecule has 1 heterocycles. The third kappa shape index (κ3) is 2.46. The molecule has 0 fully saturated rings. The highest BCUT2D eigenvalue weighted by molar-refractivity contribution is 5.97. The molecule has 1 aliphatic rings. The highest BCUT2D eigenvalue weighted by Gasteiger charge is 2.21. The van der Waals surface area contributed by atoms with Crippen molar-refractivity contribution in [2.24, 2.45) is 5.73 Å². The number of hydrogen-bond acceptors (Lipinski definition) is 3. The van der Waals surface area contributed by atoms with Crippen LogP contribution in [0.1, 0.15) is 25.8 Å². The summed E-state index contributed by atoms with van der Waals surface area (Å²) in [5, 5.41) is 5.94. The molecule has 2 atom stereocenters. The average Bonchev–Trinajstić information content (AvgIpc) is 2.32. The summed E-state index contributed by atoms with van der Waals surface area (Å²) in [5.74, 6) is -0.507. The van der Waals surface area contributed by atoms with Gasteiger partial charge in [-0.15, -0.1) is 0 Å². The molecule has 18 heavy (non-hydrogen) atoms. The van der Waals surface area contributed by atoms with Crippen molar-refractivity contribution in [1.29, 1.82) is 0 Å². The van der Waals surface area contributed by atoms with Crippen LogP contribution in [0.4, 0.5) is 15.8 Å². The molecule has 5 heteroatoms. The Bertz CT molecular complexity index is 474. The SMILES string of the molecule is CC1CCc2c(F)ccc(NC(=O)[C@H](C)N)c2N1. The zero-order valence-electron chi connectivity index (χ0n) is 10.6. The van der Waals surface area contributed by atoms with Gasteiger partial charge in [-0.1, -0.05) is 0 Å². The molecule has 0 saturated heterocycles. The predicted molar refractivity (Wildman–Crippen MR) is 70.1 cm³/mol. The van der Waals surface area contributed by atoms with Crippen LogP contribution in [0.15, 0.2) is 12.1 Å². The van der Waals surface area contributed by atoms with Crippen LogP contribution in [0.5, 0.6) is 0 Å². The lowest BCUT2D eigenvalue weighted by Gasteiger charge is -2.27. The zero-order valence-corrected chi connectivity index (χ0v) is 10.6. The predicted octanol–water partition coefficient (Wildman–Crippen LogP) is 1.86. The summed E-state index contributed by atoms with van der Waals surface area (Å²) in [4.78, 5) is 11.6. The highest BCUT2D eigenvalue weighted by atomic mass is 19.1. The topological polar surface area (TPSA) is 67.2 Å². The van der Waals surface area contributed by atoms with Gasteiger partial charge in [0.05, 0.1) is 17.4 Å². The number of benzene rings is 1. The molecule has 1 unspecified atom stereocenters. The van der Waals surface area contributed by atoms with E-state index in [4.69, 9.17) is 5.73 Å². The van der Waals surface area contributed by atoms with E-state index in [1.807, 2.05) is 6.92 Å². The van der Waals surface area contributed by atoms with E-state index >= 15 is 0 Å². The first-order valence-corrected chi connectivity index (χ1v) is 6.13. The van der Waals surface area contributed by atoms with Crippen molar-refractivity contribution in [2.75, 3.05) is 10.6 Å². The van der Waals surface area contributed by atoms with Crippen LogP contribution in [-0.2, 0) is 11.2 Å². The lowest BCUT2D eigenvalue weighted by atomic mass is 9.97. The van der Waals surface area contributed by atoms with Crippen LogP contribution < -0.4 is 16.4 Å². The monoisotopic (exact) mass is 251 g/mol. The van der Waals surface area contributed by atoms with Gasteiger partial charge in [-0.25, -0.2) is 4.39 Å². The summed E-state index contributed by atoms with van der Waals surface area (Å²) in [7, 11) is 0. The van der Waals surface area contributed by atoms with Gasteiger partial charge >= 0.3 is 0 Å². The molecule has 0 aromatic heterocycles. The van der Waals surface area contributed by atoms with Crippen molar-refractivity contribution in [2.45, 2.75) is 38.8 Å². The second-order valence-corrected chi connectivity index (χ2v) is 4.81. The van der Waals surface area contributed by atoms with Crippen molar-refractivity contribution in [3.63, 3.8) is 0 Å². The normalized spacial score (nSPS) is 19.7. The number of anilines is 2. The third-order valence-corrected chi connectivity index (χ3v) is 3.15. The van der Waals surface area contributed by atoms with E-state index in [0.29, 0.717) is 23.4 Å². The maximum Gasteiger partial charge on any atom is 0.241 e. The summed E-state index contributed by atoms with van der Waals surface area (Å²) in [6.07, 6.45) is 1.56. The van der Waals surface area contributed by atoms with E-state index in [2.05, 4.69) is 10.6 Å². The van der Waals surface area contributed by atoms with Crippen LogP contribution in [0.2, 0.25) is 0 Å². The Labute approximate surface area is 106 Å². The number of fused-ring (bicyclic) bond motifs is 1. The molecule has 2 rings (SSSR count). The lowest BCUT2D eigenvalue weighted by molar-refractivity contribution is -0.117. The molecule has 1 amide bonds. The summed E-state index contributed by atoms with van der Waals surface area (Å²) >= 11 is 0. The standard InChI is InChI=1S/C13H18FN3O/c1-7-3-4-9-10(14)5-6-11(12(9)16-7)17-13(18)8(2)15/h5-8,16H,3-4,15H2,1-2H3,(H,17,18)/t7?,8-/m0/s1. The van der Waals surface area contributed by atoms with E-state index in [0.717, 1.165) is 6.42 Å². The van der Waals surface area contributed by atoms with Crippen LogP contribution in [-0.4, -0.2) is 18.0 Å². The van der Waals surface area contributed by atoms with Gasteiger partial charge in [0.1, 0.15) is 5.82 Å². The Balaban J connectivity index is 2.34. The van der Waals surface area contributed by atoms with Gasteiger partial charge in [0.2, 0.25) is 5.91 Å². The molecular formula is C13H18FN3O. The number of rotatable bonds is 2. The molecule has 1 aromatic rings. The molecule has 0 saturated carbocycles. The first kappa shape index (κ1) is 12.8. The molecule has 4 N–H and O–H groups in total. The van der Waals surface area contributed by atoms with Gasteiger partial charge in [-0.3, -0.25) is 4.79 Å². The molecule has 1 aliphatic heterocycles. The third-order valence-electron chi connectivity index (χ3n) is 3.15. The van der Waals surface area contributed by atoms with E-state index in [1.54, 1.807) is 13.0 Å². The molecule has 4 nitrogen and oxygen atoms in total. The highest BCUT2D eigenvalue weighted by Crippen LogP contribution is 2.34. The summed E-state index contributed by atoms with van der Waals surface area (Å²) in [5.41, 5.74) is 7.43. The first-order chi connectivity index (χ1) is 8.49. The fraction of sp³-hybridized carbons (Fsp3) is 0.462. The lowest BCUT2D eigenvalue weighted by Crippen LogP contribution is -2.33. The number of carbonyl (C=O) groups excluding carboxylic acids is 1. The van der Waals surface area contributed by atoms with Crippen LogP contribution in [0, 0.1) is 5.82 Å². The first-order valence-electron chi connectivity index (χ1n) is 6.13. The van der Waals surface area contributed by atoms with Crippen molar-refractivity contribution < 1.29 is 9.18 Å². The van der Waals surface area contributed by atoms with Crippen molar-refractivity contribution in [3.05, 3.63) is 23.5 Å². The van der Waals surface area contributed by atoms with Gasteiger partial charge in [-0.2, -0.15) is 0 Å². The number of nitrogens with one attached hydrogen (secondary N) is 2. The second-order valence-electron chi connectivity index (χ2n) is 4.81. The fourth-order valence-electron chi connectivity index (χ4n) is 2.06. The van der Waals surface area contributed by atoms with Crippen LogP contribution in [0.25, 0.3) is 0 Å². The molecule has 1 aromatic carbocycles. The van der Waals surface area contributed by atoms with Gasteiger partial charge in [0.25, 0.3) is 0 Å². The van der Waals surface area contributed by atoms with E-state index in [1.165, 1.54) is 6.07 Å². The van der Waals surface area contributed by atoms with Gasteiger partial charge in [-0.05, 0) is 38.8 Å². The fourth-order valence-corrected chi connectivity index (χ4v) is 2.06. The van der Waals surface area contributed by atoms with Crippen molar-refractivity contribution in [1.82, 2.24) is 0 Å². The maximum atomic E-state index is 13.7. The van der Waals surface area contributed by atoms with Crippen molar-refractivity contribution >= 4 is 17.3 Å². The Morgan fingerprint density at radius 3 is 3.00 bits per heavy atom. The number of carbonyl (C=O) groups is 1. The number of halogens is 1. The Kier molecular flexibility index (Phi) is 3.52. The quantitative estimate of drug-likeness (QED) is 0.751. The van der Waals surface area contributed by atoms with Crippen LogP contribution in [0.3, 0.4) is 0 Å². The minimum Gasteiger partial charge on any atom is -0.381 e. The number of amides is 1. The summed E-state index contributed by atoms with van der Waals surface area (Å²) < 4.78 is 13.7. The molecular weight excluding hydrogens is 233 g/mol. The largest absolute Gasteiger partial charge is 0.381 e. The maximum absolute atomic E-state index is 13.7. The minimum atomic E-state index is -0.591. The van der Waals surface area contributed by atoms with E-state index in [9.17, 15) is 9.18 Å². The van der Waals surface area contributed by atoms with Crippen LogP contribution >= 0.6 is 0 Å². The van der Waals surface area contributed by atoms with Gasteiger partial charge < -0.3 is 16.4 Å². The minimum absolute atomic E-state index is 0.233. The molecule has 98 valence electrons. The Morgan fingerprint density at radius 2 is 2.33 bits per heavy atom. The molecule has 0 radical (unpaired) electrons. The molecule has 0 spiro atoms. The Morgan fingerprint density at radius 1 is 1.61 bits per heavy atom. The van der Waals surface area contributed by atoms with E-state index in [-0.39, 0.29) is 17.8 Å². The summed E-state index contributed by atoms with van der Waals surface area (Å²) in [6.45, 7) is 3.65. The second kappa shape index (κ2) is 4.94. The smallest absolute Gasteiger partial charge is 0.241 e. The number of nitrogens with two attached hydrogens (primary N) is 1. The van der Waals surface area contributed by atoms with Crippen molar-refractivity contribution in [3.8, 4) is 0 Å². The summed E-state index contributed by atoms with van der Waals surface area (Å²) in [6, 6.07) is 2.63.